The van der Waals surface area contributed by atoms with Crippen molar-refractivity contribution in [2.45, 2.75) is 25.5 Å². The molecule has 8 heteroatoms. The molecule has 0 unspecified atom stereocenters. The highest BCUT2D eigenvalue weighted by Crippen LogP contribution is 2.23. The molecular formula is C17H21N3O3S2. The van der Waals surface area contributed by atoms with Crippen LogP contribution in [0.15, 0.2) is 35.8 Å². The van der Waals surface area contributed by atoms with Crippen LogP contribution in [0.25, 0.3) is 0 Å². The van der Waals surface area contributed by atoms with Crippen LogP contribution in [0, 0.1) is 12.8 Å². The molecular weight excluding hydrogens is 358 g/mol. The van der Waals surface area contributed by atoms with Crippen LogP contribution in [-0.2, 0) is 20.6 Å². The molecule has 2 aromatic rings. The van der Waals surface area contributed by atoms with Crippen LogP contribution >= 0.6 is 11.3 Å². The van der Waals surface area contributed by atoms with E-state index < -0.39 is 10.0 Å². The van der Waals surface area contributed by atoms with Gasteiger partial charge < -0.3 is 5.32 Å². The molecule has 0 radical (unpaired) electrons. The summed E-state index contributed by atoms with van der Waals surface area (Å²) in [5, 5.41) is 5.18. The molecule has 25 heavy (non-hydrogen) atoms. The van der Waals surface area contributed by atoms with Gasteiger partial charge in [0.05, 0.1) is 5.75 Å². The van der Waals surface area contributed by atoms with Crippen molar-refractivity contribution >= 4 is 32.4 Å². The Morgan fingerprint density at radius 1 is 1.36 bits per heavy atom. The standard InChI is InChI=1S/C17H21N3O3S2/c1-13-3-2-4-14(11-13)12-25(22,23)20-8-5-15(6-9-20)16(21)19-17-18-7-10-24-17/h2-4,7,10-11,15H,5-6,8-9,12H2,1H3,(H,18,19,21). The lowest BCUT2D eigenvalue weighted by atomic mass is 9.97. The monoisotopic (exact) mass is 379 g/mol. The first-order valence-corrected chi connectivity index (χ1v) is 10.7. The first kappa shape index (κ1) is 18.0. The lowest BCUT2D eigenvalue weighted by Gasteiger charge is -2.30. The Labute approximate surface area is 151 Å². The number of thiazole rings is 1. The maximum atomic E-state index is 12.6. The van der Waals surface area contributed by atoms with Crippen molar-refractivity contribution in [3.8, 4) is 0 Å². The van der Waals surface area contributed by atoms with Crippen molar-refractivity contribution in [1.82, 2.24) is 9.29 Å². The van der Waals surface area contributed by atoms with Gasteiger partial charge in [-0.1, -0.05) is 29.8 Å². The van der Waals surface area contributed by atoms with Gasteiger partial charge in [0.25, 0.3) is 0 Å². The summed E-state index contributed by atoms with van der Waals surface area (Å²) in [5.74, 6) is -0.245. The van der Waals surface area contributed by atoms with Crippen molar-refractivity contribution in [3.63, 3.8) is 0 Å². The molecule has 1 N–H and O–H groups in total. The van der Waals surface area contributed by atoms with E-state index in [9.17, 15) is 13.2 Å². The van der Waals surface area contributed by atoms with E-state index in [0.29, 0.717) is 31.1 Å². The minimum atomic E-state index is -3.36. The number of nitrogens with one attached hydrogen (secondary N) is 1. The SMILES string of the molecule is Cc1cccc(CS(=O)(=O)N2CCC(C(=O)Nc3nccs3)CC2)c1. The minimum absolute atomic E-state index is 0.00462. The largest absolute Gasteiger partial charge is 0.302 e. The predicted octanol–water partition coefficient (Wildman–Crippen LogP) is 2.63. The Bertz CT molecular complexity index is 827. The summed E-state index contributed by atoms with van der Waals surface area (Å²) < 4.78 is 26.7. The zero-order chi connectivity index (χ0) is 17.9. The lowest BCUT2D eigenvalue weighted by molar-refractivity contribution is -0.120. The van der Waals surface area contributed by atoms with Crippen molar-refractivity contribution < 1.29 is 13.2 Å². The highest BCUT2D eigenvalue weighted by atomic mass is 32.2. The van der Waals surface area contributed by atoms with E-state index in [2.05, 4.69) is 10.3 Å². The van der Waals surface area contributed by atoms with Gasteiger partial charge in [-0.15, -0.1) is 11.3 Å². The Hall–Kier alpha value is -1.77. The van der Waals surface area contributed by atoms with E-state index in [-0.39, 0.29) is 17.6 Å². The van der Waals surface area contributed by atoms with Crippen LogP contribution in [0.1, 0.15) is 24.0 Å². The van der Waals surface area contributed by atoms with Crippen LogP contribution in [-0.4, -0.2) is 36.7 Å². The third-order valence-corrected chi connectivity index (χ3v) is 6.85. The van der Waals surface area contributed by atoms with E-state index >= 15 is 0 Å². The molecule has 0 atom stereocenters. The zero-order valence-corrected chi connectivity index (χ0v) is 15.6. The van der Waals surface area contributed by atoms with Crippen LogP contribution < -0.4 is 5.32 Å². The second kappa shape index (κ2) is 7.63. The average Bonchev–Trinajstić information content (AvgIpc) is 3.07. The summed E-state index contributed by atoms with van der Waals surface area (Å²) in [5.41, 5.74) is 1.84. The molecule has 1 saturated heterocycles. The number of hydrogen-bond acceptors (Lipinski definition) is 5. The average molecular weight is 380 g/mol. The first-order valence-electron chi connectivity index (χ1n) is 8.18. The van der Waals surface area contributed by atoms with E-state index in [0.717, 1.165) is 11.1 Å². The van der Waals surface area contributed by atoms with E-state index in [1.807, 2.05) is 31.2 Å². The quantitative estimate of drug-likeness (QED) is 0.866. The van der Waals surface area contributed by atoms with Crippen LogP contribution in [0.2, 0.25) is 0 Å². The first-order chi connectivity index (χ1) is 11.9. The molecule has 1 amide bonds. The minimum Gasteiger partial charge on any atom is -0.302 e. The van der Waals surface area contributed by atoms with Crippen LogP contribution in [0.4, 0.5) is 5.13 Å². The van der Waals surface area contributed by atoms with Crippen molar-refractivity contribution in [3.05, 3.63) is 47.0 Å². The molecule has 1 aliphatic rings. The molecule has 1 aromatic heterocycles. The van der Waals surface area contributed by atoms with Crippen LogP contribution in [0.5, 0.6) is 0 Å². The number of anilines is 1. The fourth-order valence-electron chi connectivity index (χ4n) is 2.99. The van der Waals surface area contributed by atoms with Gasteiger partial charge in [0.1, 0.15) is 0 Å². The number of aryl methyl sites for hydroxylation is 1. The highest BCUT2D eigenvalue weighted by molar-refractivity contribution is 7.88. The number of amides is 1. The van der Waals surface area contributed by atoms with Crippen LogP contribution in [0.3, 0.4) is 0 Å². The number of sulfonamides is 1. The van der Waals surface area contributed by atoms with Crippen molar-refractivity contribution in [1.29, 1.82) is 0 Å². The van der Waals surface area contributed by atoms with E-state index in [1.54, 1.807) is 11.6 Å². The Kier molecular flexibility index (Phi) is 5.51. The summed E-state index contributed by atoms with van der Waals surface area (Å²) in [4.78, 5) is 16.3. The van der Waals surface area contributed by atoms with E-state index in [4.69, 9.17) is 0 Å². The van der Waals surface area contributed by atoms with Gasteiger partial charge in [0.15, 0.2) is 5.13 Å². The summed E-state index contributed by atoms with van der Waals surface area (Å²) in [6.07, 6.45) is 2.70. The number of carbonyl (C=O) groups is 1. The number of aromatic nitrogens is 1. The number of hydrogen-bond donors (Lipinski definition) is 1. The van der Waals surface area contributed by atoms with Gasteiger partial charge in [-0.2, -0.15) is 0 Å². The normalized spacial score (nSPS) is 16.7. The number of rotatable bonds is 5. The summed E-state index contributed by atoms with van der Waals surface area (Å²) in [6, 6.07) is 7.54. The zero-order valence-electron chi connectivity index (χ0n) is 14.0. The maximum Gasteiger partial charge on any atom is 0.229 e. The van der Waals surface area contributed by atoms with Crippen molar-refractivity contribution in [2.75, 3.05) is 18.4 Å². The van der Waals surface area contributed by atoms with Gasteiger partial charge in [-0.3, -0.25) is 4.79 Å². The summed E-state index contributed by atoms with van der Waals surface area (Å²) in [6.45, 7) is 2.71. The lowest BCUT2D eigenvalue weighted by Crippen LogP contribution is -2.41. The molecule has 134 valence electrons. The molecule has 1 fully saturated rings. The van der Waals surface area contributed by atoms with Crippen molar-refractivity contribution in [2.24, 2.45) is 5.92 Å². The number of nitrogens with zero attached hydrogens (tertiary/aromatic N) is 2. The Morgan fingerprint density at radius 3 is 2.76 bits per heavy atom. The predicted molar refractivity (Wildman–Crippen MR) is 98.8 cm³/mol. The third-order valence-electron chi connectivity index (χ3n) is 4.31. The number of carbonyl (C=O) groups excluding carboxylic acids is 1. The van der Waals surface area contributed by atoms with Gasteiger partial charge in [-0.25, -0.2) is 17.7 Å². The maximum absolute atomic E-state index is 12.6. The smallest absolute Gasteiger partial charge is 0.229 e. The second-order valence-electron chi connectivity index (χ2n) is 6.25. The van der Waals surface area contributed by atoms with E-state index in [1.165, 1.54) is 15.6 Å². The molecule has 3 rings (SSSR count). The third kappa shape index (κ3) is 4.65. The van der Waals surface area contributed by atoms with Gasteiger partial charge in [-0.05, 0) is 25.3 Å². The second-order valence-corrected chi connectivity index (χ2v) is 9.11. The molecule has 0 aliphatic carbocycles. The highest BCUT2D eigenvalue weighted by Gasteiger charge is 2.31. The van der Waals surface area contributed by atoms with Gasteiger partial charge in [0.2, 0.25) is 15.9 Å². The fraction of sp³-hybridized carbons (Fsp3) is 0.412. The molecule has 0 saturated carbocycles. The topological polar surface area (TPSA) is 79.4 Å². The fourth-order valence-corrected chi connectivity index (χ4v) is 5.07. The van der Waals surface area contributed by atoms with Gasteiger partial charge in [0, 0.05) is 30.6 Å². The molecule has 6 nitrogen and oxygen atoms in total. The molecule has 1 aliphatic heterocycles. The Morgan fingerprint density at radius 2 is 2.12 bits per heavy atom. The summed E-state index contributed by atoms with van der Waals surface area (Å²) >= 11 is 1.37. The van der Waals surface area contributed by atoms with Gasteiger partial charge >= 0.3 is 0 Å². The Balaban J connectivity index is 1.56. The molecule has 2 heterocycles. The molecule has 0 bridgehead atoms. The summed E-state index contributed by atoms with van der Waals surface area (Å²) in [7, 11) is -3.36. The molecule has 1 aromatic carbocycles. The number of piperidine rings is 1. The number of benzene rings is 1. The molecule has 0 spiro atoms.